The molecule has 0 fully saturated rings. The Bertz CT molecular complexity index is 710. The van der Waals surface area contributed by atoms with Crippen molar-refractivity contribution in [2.75, 3.05) is 33.0 Å². The van der Waals surface area contributed by atoms with Crippen LogP contribution < -0.4 is 5.32 Å². The van der Waals surface area contributed by atoms with Crippen LogP contribution in [0.5, 0.6) is 0 Å². The summed E-state index contributed by atoms with van der Waals surface area (Å²) in [6.45, 7) is -0.631. The summed E-state index contributed by atoms with van der Waals surface area (Å²) in [5.41, 5.74) is 1.40. The van der Waals surface area contributed by atoms with Gasteiger partial charge in [-0.25, -0.2) is 4.79 Å². The van der Waals surface area contributed by atoms with Crippen LogP contribution in [0.1, 0.15) is 17.2 Å². The van der Waals surface area contributed by atoms with Crippen LogP contribution in [0.4, 0.5) is 4.79 Å². The van der Waals surface area contributed by atoms with Gasteiger partial charge >= 0.3 is 6.09 Å². The second kappa shape index (κ2) is 13.6. The molecule has 2 aromatic rings. The Morgan fingerprint density at radius 1 is 0.933 bits per heavy atom. The molecule has 0 saturated carbocycles. The first-order valence-corrected chi connectivity index (χ1v) is 9.59. The lowest BCUT2D eigenvalue weighted by Gasteiger charge is -2.29. The van der Waals surface area contributed by atoms with Gasteiger partial charge in [0.25, 0.3) is 0 Å². The summed E-state index contributed by atoms with van der Waals surface area (Å²) < 4.78 is 5.25. The zero-order valence-electron chi connectivity index (χ0n) is 16.6. The molecule has 9 heteroatoms. The fraction of sp³-hybridized carbons (Fsp3) is 0.381. The van der Waals surface area contributed by atoms with Gasteiger partial charge in [-0.3, -0.25) is 9.68 Å². The molecule has 0 bridgehead atoms. The molecule has 30 heavy (non-hydrogen) atoms. The van der Waals surface area contributed by atoms with Gasteiger partial charge in [0.15, 0.2) is 0 Å². The van der Waals surface area contributed by atoms with Crippen LogP contribution in [-0.4, -0.2) is 65.7 Å². The Morgan fingerprint density at radius 3 is 2.07 bits per heavy atom. The molecule has 9 nitrogen and oxygen atoms in total. The predicted octanol–water partition coefficient (Wildman–Crippen LogP) is 1.16. The van der Waals surface area contributed by atoms with E-state index in [1.165, 1.54) is 0 Å². The van der Waals surface area contributed by atoms with Gasteiger partial charge in [-0.1, -0.05) is 65.9 Å². The zero-order chi connectivity index (χ0) is 21.6. The monoisotopic (exact) mass is 420 g/mol. The lowest BCUT2D eigenvalue weighted by atomic mass is 10.0. The van der Waals surface area contributed by atoms with Gasteiger partial charge in [0, 0.05) is 0 Å². The Balaban J connectivity index is 2.05. The molecule has 164 valence electrons. The molecule has 2 rings (SSSR count). The standard InChI is InChI=1S/C21H28N2O7/c24-11-13-29-23(30-14-12-25)15-19(20(26)18-9-5-2-6-10-18)22-21(27)28-16-17-7-3-1-4-8-17/h1-10,19-20,24-26H,11-16H2,(H,22,27)/t19-,20-/m0/s1. The highest BCUT2D eigenvalue weighted by Crippen LogP contribution is 2.18. The molecule has 2 aromatic carbocycles. The third kappa shape index (κ3) is 8.46. The number of ether oxygens (including phenoxy) is 1. The number of hydrogen-bond donors (Lipinski definition) is 4. The highest BCUT2D eigenvalue weighted by Gasteiger charge is 2.27. The fourth-order valence-electron chi connectivity index (χ4n) is 2.61. The number of carbonyl (C=O) groups excluding carboxylic acids is 1. The summed E-state index contributed by atoms with van der Waals surface area (Å²) in [6.07, 6.45) is -1.81. The molecule has 4 N–H and O–H groups in total. The summed E-state index contributed by atoms with van der Waals surface area (Å²) in [6, 6.07) is 17.1. The first-order chi connectivity index (χ1) is 14.6. The molecule has 0 saturated heterocycles. The van der Waals surface area contributed by atoms with Crippen molar-refractivity contribution < 1.29 is 34.5 Å². The Kier molecular flexibility index (Phi) is 10.8. The van der Waals surface area contributed by atoms with E-state index in [4.69, 9.17) is 24.6 Å². The van der Waals surface area contributed by atoms with Crippen molar-refractivity contribution in [1.82, 2.24) is 10.5 Å². The second-order valence-electron chi connectivity index (χ2n) is 6.30. The third-order valence-electron chi connectivity index (χ3n) is 4.04. The van der Waals surface area contributed by atoms with Crippen molar-refractivity contribution in [3.63, 3.8) is 0 Å². The molecule has 2 atom stereocenters. The number of rotatable bonds is 13. The van der Waals surface area contributed by atoms with E-state index in [0.29, 0.717) is 5.56 Å². The van der Waals surface area contributed by atoms with Crippen molar-refractivity contribution in [3.8, 4) is 0 Å². The minimum atomic E-state index is -1.09. The summed E-state index contributed by atoms with van der Waals surface area (Å²) in [5.74, 6) is 0. The van der Waals surface area contributed by atoms with Gasteiger partial charge in [0.05, 0.1) is 39.0 Å². The Hall–Kier alpha value is -2.53. The molecule has 0 radical (unpaired) electrons. The van der Waals surface area contributed by atoms with Crippen LogP contribution in [0.25, 0.3) is 0 Å². The maximum atomic E-state index is 12.3. The molecule has 0 aliphatic rings. The van der Waals surface area contributed by atoms with Crippen molar-refractivity contribution in [1.29, 1.82) is 0 Å². The number of hydrogen-bond acceptors (Lipinski definition) is 8. The molecule has 1 amide bonds. The van der Waals surface area contributed by atoms with Crippen LogP contribution in [-0.2, 0) is 21.0 Å². The van der Waals surface area contributed by atoms with E-state index in [0.717, 1.165) is 10.8 Å². The van der Waals surface area contributed by atoms with Crippen molar-refractivity contribution in [2.24, 2.45) is 0 Å². The number of aliphatic hydroxyl groups is 3. The van der Waals surface area contributed by atoms with Crippen LogP contribution in [0, 0.1) is 0 Å². The van der Waals surface area contributed by atoms with Gasteiger partial charge in [-0.05, 0) is 11.1 Å². The fourth-order valence-corrected chi connectivity index (χ4v) is 2.61. The molecular weight excluding hydrogens is 392 g/mol. The third-order valence-corrected chi connectivity index (χ3v) is 4.04. The van der Waals surface area contributed by atoms with Crippen LogP contribution in [0.3, 0.4) is 0 Å². The molecule has 0 aliphatic carbocycles. The van der Waals surface area contributed by atoms with Gasteiger partial charge in [-0.15, -0.1) is 0 Å². The summed E-state index contributed by atoms with van der Waals surface area (Å²) in [7, 11) is 0. The highest BCUT2D eigenvalue weighted by atomic mass is 16.9. The number of alkyl carbamates (subject to hydrolysis) is 1. The van der Waals surface area contributed by atoms with Gasteiger partial charge in [0.1, 0.15) is 12.7 Å². The number of amides is 1. The average Bonchev–Trinajstić information content (AvgIpc) is 2.79. The zero-order valence-corrected chi connectivity index (χ0v) is 16.6. The van der Waals surface area contributed by atoms with E-state index in [1.807, 2.05) is 36.4 Å². The first kappa shape index (κ1) is 23.7. The molecule has 0 aromatic heterocycles. The number of aliphatic hydroxyl groups excluding tert-OH is 3. The number of nitrogens with zero attached hydrogens (tertiary/aromatic N) is 1. The quantitative estimate of drug-likeness (QED) is 0.357. The highest BCUT2D eigenvalue weighted by molar-refractivity contribution is 5.67. The molecular formula is C21H28N2O7. The van der Waals surface area contributed by atoms with Crippen LogP contribution in [0.15, 0.2) is 60.7 Å². The van der Waals surface area contributed by atoms with Crippen molar-refractivity contribution in [3.05, 3.63) is 71.8 Å². The minimum Gasteiger partial charge on any atom is -0.445 e. The smallest absolute Gasteiger partial charge is 0.407 e. The van der Waals surface area contributed by atoms with Gasteiger partial charge < -0.3 is 25.4 Å². The van der Waals surface area contributed by atoms with Gasteiger partial charge in [0.2, 0.25) is 0 Å². The molecule has 0 unspecified atom stereocenters. The van der Waals surface area contributed by atoms with E-state index in [9.17, 15) is 9.90 Å². The summed E-state index contributed by atoms with van der Waals surface area (Å²) >= 11 is 0. The van der Waals surface area contributed by atoms with E-state index in [-0.39, 0.29) is 39.6 Å². The Morgan fingerprint density at radius 2 is 1.50 bits per heavy atom. The lowest BCUT2D eigenvalue weighted by Crippen LogP contribution is -2.47. The minimum absolute atomic E-state index is 0.0575. The first-order valence-electron chi connectivity index (χ1n) is 9.59. The largest absolute Gasteiger partial charge is 0.445 e. The maximum Gasteiger partial charge on any atom is 0.407 e. The van der Waals surface area contributed by atoms with Crippen LogP contribution in [0.2, 0.25) is 0 Å². The van der Waals surface area contributed by atoms with E-state index in [1.54, 1.807) is 24.3 Å². The number of hydroxylamine groups is 2. The van der Waals surface area contributed by atoms with E-state index < -0.39 is 18.2 Å². The van der Waals surface area contributed by atoms with Crippen molar-refractivity contribution in [2.45, 2.75) is 18.8 Å². The summed E-state index contributed by atoms with van der Waals surface area (Å²) in [5, 5.41) is 32.4. The average molecular weight is 420 g/mol. The number of carbonyl (C=O) groups is 1. The SMILES string of the molecule is O=C(N[C@@H](CN(OCCO)OCCO)[C@@H](O)c1ccccc1)OCc1ccccc1. The van der Waals surface area contributed by atoms with E-state index >= 15 is 0 Å². The number of benzene rings is 2. The van der Waals surface area contributed by atoms with E-state index in [2.05, 4.69) is 5.32 Å². The summed E-state index contributed by atoms with van der Waals surface area (Å²) in [4.78, 5) is 22.9. The predicted molar refractivity (Wildman–Crippen MR) is 108 cm³/mol. The lowest BCUT2D eigenvalue weighted by molar-refractivity contribution is -0.374. The molecule has 0 spiro atoms. The van der Waals surface area contributed by atoms with Crippen LogP contribution >= 0.6 is 0 Å². The second-order valence-corrected chi connectivity index (χ2v) is 6.30. The number of nitrogens with one attached hydrogen (secondary N) is 1. The Labute approximate surface area is 175 Å². The normalized spacial score (nSPS) is 13.1. The molecule has 0 aliphatic heterocycles. The topological polar surface area (TPSA) is 121 Å². The maximum absolute atomic E-state index is 12.3. The van der Waals surface area contributed by atoms with Gasteiger partial charge in [-0.2, -0.15) is 0 Å². The molecule has 0 heterocycles. The van der Waals surface area contributed by atoms with Crippen molar-refractivity contribution >= 4 is 6.09 Å².